The van der Waals surface area contributed by atoms with E-state index in [0.29, 0.717) is 18.0 Å². The highest BCUT2D eigenvalue weighted by atomic mass is 19.1. The SMILES string of the molecule is CN(C1CCc2cc(F)ccc21)C1CCCCC1CN. The summed E-state index contributed by atoms with van der Waals surface area (Å²) in [7, 11) is 2.24. The van der Waals surface area contributed by atoms with Crippen LogP contribution in [0.15, 0.2) is 18.2 Å². The van der Waals surface area contributed by atoms with Gasteiger partial charge in [0.05, 0.1) is 0 Å². The molecule has 1 aromatic rings. The van der Waals surface area contributed by atoms with Gasteiger partial charge in [0.1, 0.15) is 5.82 Å². The first-order chi connectivity index (χ1) is 9.70. The molecular formula is C17H25FN2. The van der Waals surface area contributed by atoms with E-state index >= 15 is 0 Å². The van der Waals surface area contributed by atoms with Crippen molar-refractivity contribution in [3.05, 3.63) is 35.1 Å². The van der Waals surface area contributed by atoms with Crippen LogP contribution in [0.1, 0.15) is 49.3 Å². The number of aryl methyl sites for hydroxylation is 1. The molecule has 20 heavy (non-hydrogen) atoms. The molecular weight excluding hydrogens is 251 g/mol. The first-order valence-corrected chi connectivity index (χ1v) is 7.91. The molecule has 2 aliphatic rings. The topological polar surface area (TPSA) is 29.3 Å². The van der Waals surface area contributed by atoms with Gasteiger partial charge in [0.2, 0.25) is 0 Å². The van der Waals surface area contributed by atoms with Gasteiger partial charge < -0.3 is 5.73 Å². The smallest absolute Gasteiger partial charge is 0.123 e. The Bertz CT molecular complexity index is 474. The van der Waals surface area contributed by atoms with Crippen LogP contribution in [0.5, 0.6) is 0 Å². The third kappa shape index (κ3) is 2.49. The molecule has 1 saturated carbocycles. The average molecular weight is 276 g/mol. The van der Waals surface area contributed by atoms with Crippen molar-refractivity contribution in [1.82, 2.24) is 4.90 Å². The summed E-state index contributed by atoms with van der Waals surface area (Å²) in [5, 5.41) is 0. The molecule has 3 unspecified atom stereocenters. The van der Waals surface area contributed by atoms with Crippen LogP contribution < -0.4 is 5.73 Å². The van der Waals surface area contributed by atoms with Gasteiger partial charge in [-0.25, -0.2) is 4.39 Å². The molecule has 0 heterocycles. The first kappa shape index (κ1) is 14.0. The molecule has 1 aromatic carbocycles. The van der Waals surface area contributed by atoms with Crippen molar-refractivity contribution in [3.8, 4) is 0 Å². The van der Waals surface area contributed by atoms with Gasteiger partial charge in [-0.1, -0.05) is 18.9 Å². The Kier molecular flexibility index (Phi) is 4.08. The van der Waals surface area contributed by atoms with Crippen molar-refractivity contribution in [3.63, 3.8) is 0 Å². The van der Waals surface area contributed by atoms with Crippen LogP contribution in [0, 0.1) is 11.7 Å². The molecule has 2 nitrogen and oxygen atoms in total. The number of benzene rings is 1. The van der Waals surface area contributed by atoms with Gasteiger partial charge in [-0.15, -0.1) is 0 Å². The largest absolute Gasteiger partial charge is 0.330 e. The Morgan fingerprint density at radius 1 is 1.25 bits per heavy atom. The minimum absolute atomic E-state index is 0.107. The molecule has 110 valence electrons. The lowest BCUT2D eigenvalue weighted by atomic mass is 9.83. The highest BCUT2D eigenvalue weighted by molar-refractivity contribution is 5.35. The van der Waals surface area contributed by atoms with Gasteiger partial charge in [-0.05, 0) is 68.5 Å². The first-order valence-electron chi connectivity index (χ1n) is 7.91. The fraction of sp³-hybridized carbons (Fsp3) is 0.647. The van der Waals surface area contributed by atoms with E-state index in [2.05, 4.69) is 11.9 Å². The van der Waals surface area contributed by atoms with Crippen LogP contribution in [-0.4, -0.2) is 24.5 Å². The second kappa shape index (κ2) is 5.82. The van der Waals surface area contributed by atoms with E-state index in [4.69, 9.17) is 5.73 Å². The van der Waals surface area contributed by atoms with Crippen LogP contribution in [0.2, 0.25) is 0 Å². The summed E-state index contributed by atoms with van der Waals surface area (Å²) in [6.45, 7) is 0.790. The third-order valence-electron chi connectivity index (χ3n) is 5.34. The molecule has 0 aromatic heterocycles. The normalized spacial score (nSPS) is 29.7. The van der Waals surface area contributed by atoms with Crippen LogP contribution in [0.3, 0.4) is 0 Å². The number of halogens is 1. The Morgan fingerprint density at radius 2 is 2.05 bits per heavy atom. The zero-order chi connectivity index (χ0) is 14.1. The Morgan fingerprint density at radius 3 is 2.85 bits per heavy atom. The second-order valence-electron chi connectivity index (χ2n) is 6.41. The van der Waals surface area contributed by atoms with Gasteiger partial charge in [0.15, 0.2) is 0 Å². The zero-order valence-electron chi connectivity index (χ0n) is 12.3. The van der Waals surface area contributed by atoms with Gasteiger partial charge in [-0.3, -0.25) is 4.90 Å². The van der Waals surface area contributed by atoms with E-state index in [1.165, 1.54) is 36.8 Å². The minimum Gasteiger partial charge on any atom is -0.330 e. The van der Waals surface area contributed by atoms with Crippen molar-refractivity contribution in [1.29, 1.82) is 0 Å². The second-order valence-corrected chi connectivity index (χ2v) is 6.41. The third-order valence-corrected chi connectivity index (χ3v) is 5.34. The summed E-state index contributed by atoms with van der Waals surface area (Å²) < 4.78 is 13.3. The Hall–Kier alpha value is -0.930. The number of nitrogens with zero attached hydrogens (tertiary/aromatic N) is 1. The number of fused-ring (bicyclic) bond motifs is 1. The van der Waals surface area contributed by atoms with Crippen LogP contribution in [-0.2, 0) is 6.42 Å². The average Bonchev–Trinajstić information content (AvgIpc) is 2.89. The van der Waals surface area contributed by atoms with Crippen LogP contribution in [0.4, 0.5) is 4.39 Å². The fourth-order valence-corrected chi connectivity index (χ4v) is 4.22. The molecule has 0 spiro atoms. The lowest BCUT2D eigenvalue weighted by Gasteiger charge is -2.41. The zero-order valence-corrected chi connectivity index (χ0v) is 12.3. The van der Waals surface area contributed by atoms with Gasteiger partial charge in [0.25, 0.3) is 0 Å². The van der Waals surface area contributed by atoms with Crippen molar-refractivity contribution in [2.24, 2.45) is 11.7 Å². The maximum Gasteiger partial charge on any atom is 0.123 e. The maximum absolute atomic E-state index is 13.3. The lowest BCUT2D eigenvalue weighted by Crippen LogP contribution is -2.44. The number of nitrogens with two attached hydrogens (primary N) is 1. The lowest BCUT2D eigenvalue weighted by molar-refractivity contribution is 0.0919. The molecule has 3 heteroatoms. The van der Waals surface area contributed by atoms with Crippen molar-refractivity contribution in [2.75, 3.05) is 13.6 Å². The molecule has 0 amide bonds. The predicted molar refractivity (Wildman–Crippen MR) is 80.0 cm³/mol. The van der Waals surface area contributed by atoms with Crippen LogP contribution >= 0.6 is 0 Å². The summed E-state index contributed by atoms with van der Waals surface area (Å²) >= 11 is 0. The number of rotatable bonds is 3. The molecule has 0 bridgehead atoms. The molecule has 0 radical (unpaired) electrons. The summed E-state index contributed by atoms with van der Waals surface area (Å²) in [4.78, 5) is 2.53. The van der Waals surface area contributed by atoms with E-state index in [9.17, 15) is 4.39 Å². The van der Waals surface area contributed by atoms with Crippen LogP contribution in [0.25, 0.3) is 0 Å². The van der Waals surface area contributed by atoms with E-state index < -0.39 is 0 Å². The van der Waals surface area contributed by atoms with Crippen molar-refractivity contribution in [2.45, 2.75) is 50.6 Å². The predicted octanol–water partition coefficient (Wildman–Crippen LogP) is 3.26. The van der Waals surface area contributed by atoms with Gasteiger partial charge in [-0.2, -0.15) is 0 Å². The van der Waals surface area contributed by atoms with Crippen molar-refractivity contribution < 1.29 is 4.39 Å². The highest BCUT2D eigenvalue weighted by Crippen LogP contribution is 2.39. The number of hydrogen-bond acceptors (Lipinski definition) is 2. The molecule has 0 saturated heterocycles. The van der Waals surface area contributed by atoms with E-state index in [-0.39, 0.29) is 5.82 Å². The highest BCUT2D eigenvalue weighted by Gasteiger charge is 2.34. The van der Waals surface area contributed by atoms with E-state index in [1.807, 2.05) is 6.07 Å². The molecule has 2 N–H and O–H groups in total. The molecule has 3 atom stereocenters. The van der Waals surface area contributed by atoms with E-state index in [0.717, 1.165) is 19.4 Å². The summed E-state index contributed by atoms with van der Waals surface area (Å²) in [6.07, 6.45) is 7.26. The monoisotopic (exact) mass is 276 g/mol. The van der Waals surface area contributed by atoms with Gasteiger partial charge >= 0.3 is 0 Å². The summed E-state index contributed by atoms with van der Waals surface area (Å²) in [6, 6.07) is 6.34. The Balaban J connectivity index is 1.80. The quantitative estimate of drug-likeness (QED) is 0.918. The molecule has 3 rings (SSSR count). The minimum atomic E-state index is -0.107. The number of hydrogen-bond donors (Lipinski definition) is 1. The van der Waals surface area contributed by atoms with Crippen molar-refractivity contribution >= 4 is 0 Å². The summed E-state index contributed by atoms with van der Waals surface area (Å²) in [5.41, 5.74) is 8.49. The van der Waals surface area contributed by atoms with E-state index in [1.54, 1.807) is 12.1 Å². The standard InChI is InChI=1S/C17H25FN2/c1-20(16-5-3-2-4-13(16)11-19)17-9-6-12-10-14(18)7-8-15(12)17/h7-8,10,13,16-17H,2-6,9,11,19H2,1H3. The maximum atomic E-state index is 13.3. The molecule has 2 aliphatic carbocycles. The summed E-state index contributed by atoms with van der Waals surface area (Å²) in [5.74, 6) is 0.516. The van der Waals surface area contributed by atoms with Gasteiger partial charge in [0, 0.05) is 12.1 Å². The molecule has 0 aliphatic heterocycles. The fourth-order valence-electron chi connectivity index (χ4n) is 4.22. The molecule has 1 fully saturated rings. The Labute approximate surface area is 121 Å².